The number of esters is 3. The molecule has 1 atom stereocenters. The molecule has 0 aliphatic rings. The van der Waals surface area contributed by atoms with Crippen LogP contribution in [0.5, 0.6) is 0 Å². The Kier molecular flexibility index (Phi) is 51.9. The SMILES string of the molecule is CC/C=C\C/C=C\C/C=C\C/C=C\C/C=C\CCCC(=O)O[C@H](COC(=O)CCCCCCC/C=C\CCCCCC)COC(=O)CCCCCCCCCCC/C=C\C/C=C\CCCCC. The standard InChI is InChI=1S/C61H102O6/c1-4-7-10-13-16-19-22-25-27-29-30-32-33-36-39-42-45-48-51-54-60(63)66-57-58(56-65-59(62)53-50-47-44-41-38-35-24-21-18-15-12-9-6-3)67-61(64)55-52-49-46-43-40-37-34-31-28-26-23-20-17-14-11-8-5-2/h8,11,16-17,19-21,24-28,34,37,43,46,58H,4-7,9-10,12-15,18,22-23,29-33,35-36,38-42,44-45,47-57H2,1-3H3/b11-8-,19-16-,20-17-,24-21-,27-25-,28-26-,37-34-,46-43-/t58-/m1/s1. The molecule has 0 aliphatic carbocycles. The van der Waals surface area contributed by atoms with Crippen molar-refractivity contribution in [3.63, 3.8) is 0 Å². The van der Waals surface area contributed by atoms with E-state index in [0.717, 1.165) is 96.3 Å². The van der Waals surface area contributed by atoms with E-state index in [0.29, 0.717) is 19.3 Å². The van der Waals surface area contributed by atoms with E-state index in [4.69, 9.17) is 14.2 Å². The van der Waals surface area contributed by atoms with Gasteiger partial charge >= 0.3 is 17.9 Å². The number of rotatable bonds is 49. The first-order valence-electron chi connectivity index (χ1n) is 27.7. The average molecular weight is 931 g/mol. The van der Waals surface area contributed by atoms with Crippen LogP contribution in [0.2, 0.25) is 0 Å². The molecule has 0 heterocycles. The van der Waals surface area contributed by atoms with Crippen molar-refractivity contribution >= 4 is 17.9 Å². The lowest BCUT2D eigenvalue weighted by molar-refractivity contribution is -0.167. The van der Waals surface area contributed by atoms with Gasteiger partial charge in [0.2, 0.25) is 0 Å². The number of ether oxygens (including phenoxy) is 3. The van der Waals surface area contributed by atoms with Gasteiger partial charge in [-0.05, 0) is 116 Å². The lowest BCUT2D eigenvalue weighted by Gasteiger charge is -2.18. The molecule has 0 aromatic carbocycles. The summed E-state index contributed by atoms with van der Waals surface area (Å²) in [7, 11) is 0. The van der Waals surface area contributed by atoms with Gasteiger partial charge in [-0.1, -0.05) is 214 Å². The predicted molar refractivity (Wildman–Crippen MR) is 288 cm³/mol. The third-order valence-corrected chi connectivity index (χ3v) is 11.5. The summed E-state index contributed by atoms with van der Waals surface area (Å²) in [5, 5.41) is 0. The first-order chi connectivity index (χ1) is 33.0. The summed E-state index contributed by atoms with van der Waals surface area (Å²) in [6, 6.07) is 0. The molecule has 0 radical (unpaired) electrons. The highest BCUT2D eigenvalue weighted by Crippen LogP contribution is 2.14. The van der Waals surface area contributed by atoms with Crippen LogP contribution in [0, 0.1) is 0 Å². The summed E-state index contributed by atoms with van der Waals surface area (Å²) < 4.78 is 16.8. The van der Waals surface area contributed by atoms with E-state index in [2.05, 4.69) is 118 Å². The van der Waals surface area contributed by atoms with Crippen LogP contribution >= 0.6 is 0 Å². The Morgan fingerprint density at radius 2 is 0.597 bits per heavy atom. The molecule has 0 aromatic heterocycles. The van der Waals surface area contributed by atoms with Crippen LogP contribution in [0.4, 0.5) is 0 Å². The minimum absolute atomic E-state index is 0.105. The summed E-state index contributed by atoms with van der Waals surface area (Å²) in [6.45, 7) is 6.43. The smallest absolute Gasteiger partial charge is 0.306 e. The second-order valence-corrected chi connectivity index (χ2v) is 18.1. The minimum Gasteiger partial charge on any atom is -0.462 e. The predicted octanol–water partition coefficient (Wildman–Crippen LogP) is 18.5. The number of carbonyl (C=O) groups is 3. The molecule has 0 saturated carbocycles. The third kappa shape index (κ3) is 53.2. The summed E-state index contributed by atoms with van der Waals surface area (Å²) in [5.74, 6) is -0.977. The number of hydrogen-bond donors (Lipinski definition) is 0. The van der Waals surface area contributed by atoms with Crippen molar-refractivity contribution in [2.75, 3.05) is 13.2 Å². The highest BCUT2D eigenvalue weighted by atomic mass is 16.6. The molecule has 0 saturated heterocycles. The molecule has 67 heavy (non-hydrogen) atoms. The Hall–Kier alpha value is -3.67. The van der Waals surface area contributed by atoms with Crippen LogP contribution < -0.4 is 0 Å². The highest BCUT2D eigenvalue weighted by molar-refractivity contribution is 5.71. The third-order valence-electron chi connectivity index (χ3n) is 11.5. The lowest BCUT2D eigenvalue weighted by atomic mass is 10.1. The Morgan fingerprint density at radius 3 is 1.00 bits per heavy atom. The molecule has 0 N–H and O–H groups in total. The van der Waals surface area contributed by atoms with E-state index < -0.39 is 6.10 Å². The normalized spacial score (nSPS) is 12.8. The molecule has 6 nitrogen and oxygen atoms in total. The molecular formula is C61H102O6. The van der Waals surface area contributed by atoms with Gasteiger partial charge < -0.3 is 14.2 Å². The molecule has 382 valence electrons. The zero-order valence-corrected chi connectivity index (χ0v) is 43.6. The average Bonchev–Trinajstić information content (AvgIpc) is 3.33. The molecule has 0 fully saturated rings. The maximum absolute atomic E-state index is 12.8. The zero-order chi connectivity index (χ0) is 48.6. The molecular weight excluding hydrogens is 829 g/mol. The monoisotopic (exact) mass is 931 g/mol. The van der Waals surface area contributed by atoms with Gasteiger partial charge in [0, 0.05) is 19.3 Å². The van der Waals surface area contributed by atoms with Crippen molar-refractivity contribution in [1.82, 2.24) is 0 Å². The van der Waals surface area contributed by atoms with Gasteiger partial charge in [-0.3, -0.25) is 14.4 Å². The van der Waals surface area contributed by atoms with Crippen LogP contribution in [0.1, 0.15) is 252 Å². The van der Waals surface area contributed by atoms with Gasteiger partial charge in [0.1, 0.15) is 13.2 Å². The summed E-state index contributed by atoms with van der Waals surface area (Å²) >= 11 is 0. The fraction of sp³-hybridized carbons (Fsp3) is 0.689. The molecule has 0 amide bonds. The molecule has 6 heteroatoms. The second-order valence-electron chi connectivity index (χ2n) is 18.1. The van der Waals surface area contributed by atoms with Gasteiger partial charge in [-0.2, -0.15) is 0 Å². The quantitative estimate of drug-likeness (QED) is 0.0262. The Labute approximate surface area is 413 Å². The van der Waals surface area contributed by atoms with E-state index in [1.807, 2.05) is 0 Å². The molecule has 0 rings (SSSR count). The van der Waals surface area contributed by atoms with Crippen LogP contribution in [-0.4, -0.2) is 37.2 Å². The van der Waals surface area contributed by atoms with Crippen LogP contribution in [0.15, 0.2) is 97.2 Å². The van der Waals surface area contributed by atoms with Gasteiger partial charge in [-0.15, -0.1) is 0 Å². The zero-order valence-electron chi connectivity index (χ0n) is 43.6. The Morgan fingerprint density at radius 1 is 0.313 bits per heavy atom. The highest BCUT2D eigenvalue weighted by Gasteiger charge is 2.19. The maximum Gasteiger partial charge on any atom is 0.306 e. The number of hydrogen-bond acceptors (Lipinski definition) is 6. The first-order valence-corrected chi connectivity index (χ1v) is 27.7. The van der Waals surface area contributed by atoms with Crippen molar-refractivity contribution in [2.45, 2.75) is 258 Å². The summed E-state index contributed by atoms with van der Waals surface area (Å²) in [5.41, 5.74) is 0. The van der Waals surface area contributed by atoms with E-state index in [9.17, 15) is 14.4 Å². The van der Waals surface area contributed by atoms with Crippen LogP contribution in [0.25, 0.3) is 0 Å². The lowest BCUT2D eigenvalue weighted by Crippen LogP contribution is -2.30. The van der Waals surface area contributed by atoms with Gasteiger partial charge in [0.05, 0.1) is 0 Å². The Bertz CT molecular complexity index is 1350. The number of allylic oxidation sites excluding steroid dienone is 16. The molecule has 0 aromatic rings. The van der Waals surface area contributed by atoms with Crippen molar-refractivity contribution in [1.29, 1.82) is 0 Å². The van der Waals surface area contributed by atoms with E-state index >= 15 is 0 Å². The maximum atomic E-state index is 12.8. The topological polar surface area (TPSA) is 78.9 Å². The largest absolute Gasteiger partial charge is 0.462 e. The number of unbranched alkanes of at least 4 members (excludes halogenated alkanes) is 22. The van der Waals surface area contributed by atoms with Gasteiger partial charge in [-0.25, -0.2) is 0 Å². The van der Waals surface area contributed by atoms with Crippen LogP contribution in [0.3, 0.4) is 0 Å². The fourth-order valence-electron chi connectivity index (χ4n) is 7.38. The molecule has 0 bridgehead atoms. The van der Waals surface area contributed by atoms with Gasteiger partial charge in [0.15, 0.2) is 6.10 Å². The van der Waals surface area contributed by atoms with Crippen molar-refractivity contribution in [2.24, 2.45) is 0 Å². The minimum atomic E-state index is -0.813. The first kappa shape index (κ1) is 63.3. The Balaban J connectivity index is 4.47. The summed E-state index contributed by atoms with van der Waals surface area (Å²) in [4.78, 5) is 38.1. The van der Waals surface area contributed by atoms with Crippen LogP contribution in [-0.2, 0) is 28.6 Å². The fourth-order valence-corrected chi connectivity index (χ4v) is 7.38. The molecule has 0 spiro atoms. The summed E-state index contributed by atoms with van der Waals surface area (Å²) in [6.07, 6.45) is 72.5. The van der Waals surface area contributed by atoms with E-state index in [1.165, 1.54) is 109 Å². The van der Waals surface area contributed by atoms with Gasteiger partial charge in [0.25, 0.3) is 0 Å². The second kappa shape index (κ2) is 54.9. The van der Waals surface area contributed by atoms with Crippen molar-refractivity contribution in [3.8, 4) is 0 Å². The van der Waals surface area contributed by atoms with E-state index in [-0.39, 0.29) is 37.5 Å². The molecule has 0 unspecified atom stereocenters. The molecule has 0 aliphatic heterocycles. The van der Waals surface area contributed by atoms with Crippen molar-refractivity contribution < 1.29 is 28.6 Å². The van der Waals surface area contributed by atoms with Crippen molar-refractivity contribution in [3.05, 3.63) is 97.2 Å². The number of carbonyl (C=O) groups excluding carboxylic acids is 3. The van der Waals surface area contributed by atoms with E-state index in [1.54, 1.807) is 0 Å².